The van der Waals surface area contributed by atoms with Crippen LogP contribution in [0.4, 0.5) is 5.69 Å². The van der Waals surface area contributed by atoms with Crippen molar-refractivity contribution >= 4 is 22.5 Å². The molecule has 3 N–H and O–H groups in total. The maximum absolute atomic E-state index is 11.4. The molecule has 0 radical (unpaired) electrons. The van der Waals surface area contributed by atoms with E-state index in [4.69, 9.17) is 10.5 Å². The van der Waals surface area contributed by atoms with Crippen LogP contribution in [-0.2, 0) is 11.3 Å². The van der Waals surface area contributed by atoms with Gasteiger partial charge in [-0.3, -0.25) is 4.79 Å². The van der Waals surface area contributed by atoms with E-state index in [1.807, 2.05) is 49.4 Å². The van der Waals surface area contributed by atoms with E-state index < -0.39 is 0 Å². The summed E-state index contributed by atoms with van der Waals surface area (Å²) in [5.74, 6) is 0.505. The lowest BCUT2D eigenvalue weighted by Gasteiger charge is -2.10. The van der Waals surface area contributed by atoms with Gasteiger partial charge in [0, 0.05) is 23.7 Å². The molecule has 1 heterocycles. The number of hydrogen-bond donors (Lipinski definition) is 2. The van der Waals surface area contributed by atoms with Gasteiger partial charge in [0.15, 0.2) is 0 Å². The number of ether oxygens (including phenoxy) is 1. The van der Waals surface area contributed by atoms with Crippen molar-refractivity contribution in [2.45, 2.75) is 13.5 Å². The van der Waals surface area contributed by atoms with Crippen LogP contribution in [0.1, 0.15) is 12.5 Å². The molecule has 2 aromatic carbocycles. The maximum Gasteiger partial charge on any atom is 0.238 e. The first-order valence-corrected chi connectivity index (χ1v) is 8.33. The predicted octanol–water partition coefficient (Wildman–Crippen LogP) is 3.11. The largest absolute Gasteiger partial charge is 0.497 e. The maximum atomic E-state index is 11.4. The number of amides is 1. The fourth-order valence-electron chi connectivity index (χ4n) is 3.12. The number of nitrogens with two attached hydrogens (primary N) is 1. The number of nitriles is 1. The van der Waals surface area contributed by atoms with Crippen molar-refractivity contribution in [3.8, 4) is 23.1 Å². The van der Waals surface area contributed by atoms with E-state index in [1.54, 1.807) is 7.11 Å². The van der Waals surface area contributed by atoms with Gasteiger partial charge >= 0.3 is 0 Å². The first kappa shape index (κ1) is 17.5. The van der Waals surface area contributed by atoms with E-state index in [1.165, 1.54) is 0 Å². The normalized spacial score (nSPS) is 10.5. The molecule has 0 aliphatic rings. The van der Waals surface area contributed by atoms with Crippen LogP contribution >= 0.6 is 0 Å². The molecule has 26 heavy (non-hydrogen) atoms. The molecule has 132 valence electrons. The molecule has 0 atom stereocenters. The molecule has 0 fully saturated rings. The van der Waals surface area contributed by atoms with Gasteiger partial charge in [0.1, 0.15) is 11.8 Å². The number of hydrogen-bond acceptors (Lipinski definition) is 4. The third-order valence-corrected chi connectivity index (χ3v) is 4.33. The third-order valence-electron chi connectivity index (χ3n) is 4.33. The highest BCUT2D eigenvalue weighted by Crippen LogP contribution is 2.35. The Bertz CT molecular complexity index is 997. The zero-order chi connectivity index (χ0) is 18.7. The summed E-state index contributed by atoms with van der Waals surface area (Å²) >= 11 is 0. The number of benzene rings is 2. The summed E-state index contributed by atoms with van der Waals surface area (Å²) < 4.78 is 7.43. The molecule has 1 amide bonds. The number of nitrogens with zero attached hydrogens (tertiary/aromatic N) is 2. The second-order valence-electron chi connectivity index (χ2n) is 5.79. The number of fused-ring (bicyclic) bond motifs is 1. The number of methoxy groups -OCH3 is 1. The Kier molecular flexibility index (Phi) is 4.92. The molecule has 0 saturated carbocycles. The summed E-state index contributed by atoms with van der Waals surface area (Å²) in [5.41, 5.74) is 9.34. The molecule has 0 aliphatic carbocycles. The lowest BCUT2D eigenvalue weighted by atomic mass is 10.1. The van der Waals surface area contributed by atoms with Crippen LogP contribution in [-0.4, -0.2) is 24.1 Å². The molecule has 0 unspecified atom stereocenters. The van der Waals surface area contributed by atoms with Gasteiger partial charge in [0.2, 0.25) is 5.91 Å². The van der Waals surface area contributed by atoms with E-state index in [0.29, 0.717) is 17.8 Å². The van der Waals surface area contributed by atoms with Gasteiger partial charge < -0.3 is 20.4 Å². The highest BCUT2D eigenvalue weighted by atomic mass is 16.5. The first-order chi connectivity index (χ1) is 12.6. The predicted molar refractivity (Wildman–Crippen MR) is 102 cm³/mol. The van der Waals surface area contributed by atoms with Gasteiger partial charge in [-0.2, -0.15) is 5.26 Å². The van der Waals surface area contributed by atoms with E-state index in [9.17, 15) is 10.1 Å². The van der Waals surface area contributed by atoms with Gasteiger partial charge in [-0.05, 0) is 36.8 Å². The standard InChI is InChI=1S/C20H20N4O2/c1-3-24-18-10-15(26-2)8-9-16(18)17(11-21)20(24)13-4-6-14(7-5-13)23-19(25)12-22/h4-10H,3,12,22H2,1-2H3,(H,23,25). The van der Waals surface area contributed by atoms with Crippen molar-refractivity contribution in [2.24, 2.45) is 5.73 Å². The van der Waals surface area contributed by atoms with Crippen molar-refractivity contribution in [1.29, 1.82) is 5.26 Å². The van der Waals surface area contributed by atoms with Crippen LogP contribution in [0.5, 0.6) is 5.75 Å². The van der Waals surface area contributed by atoms with Gasteiger partial charge in [-0.25, -0.2) is 0 Å². The molecular formula is C20H20N4O2. The van der Waals surface area contributed by atoms with Gasteiger partial charge in [-0.15, -0.1) is 0 Å². The van der Waals surface area contributed by atoms with Crippen LogP contribution in [0.25, 0.3) is 22.2 Å². The van der Waals surface area contributed by atoms with Crippen LogP contribution in [0.2, 0.25) is 0 Å². The van der Waals surface area contributed by atoms with Crippen molar-refractivity contribution in [2.75, 3.05) is 19.0 Å². The van der Waals surface area contributed by atoms with Crippen molar-refractivity contribution in [3.05, 3.63) is 48.0 Å². The average molecular weight is 348 g/mol. The van der Waals surface area contributed by atoms with Crippen LogP contribution < -0.4 is 15.8 Å². The van der Waals surface area contributed by atoms with Crippen LogP contribution in [0.15, 0.2) is 42.5 Å². The topological polar surface area (TPSA) is 93.1 Å². The lowest BCUT2D eigenvalue weighted by Crippen LogP contribution is -2.21. The Hall–Kier alpha value is -3.30. The highest BCUT2D eigenvalue weighted by Gasteiger charge is 2.18. The SMILES string of the molecule is CCn1c(-c2ccc(NC(=O)CN)cc2)c(C#N)c2ccc(OC)cc21. The molecule has 0 saturated heterocycles. The van der Waals surface area contributed by atoms with Crippen molar-refractivity contribution in [3.63, 3.8) is 0 Å². The van der Waals surface area contributed by atoms with Crippen LogP contribution in [0.3, 0.4) is 0 Å². The summed E-state index contributed by atoms with van der Waals surface area (Å²) in [6, 6.07) is 15.5. The molecule has 0 aliphatic heterocycles. The minimum atomic E-state index is -0.245. The molecule has 6 heteroatoms. The molecule has 1 aromatic heterocycles. The minimum absolute atomic E-state index is 0.0633. The number of carbonyl (C=O) groups excluding carboxylic acids is 1. The Morgan fingerprint density at radius 1 is 1.27 bits per heavy atom. The van der Waals surface area contributed by atoms with Gasteiger partial charge in [0.05, 0.1) is 30.4 Å². The summed E-state index contributed by atoms with van der Waals surface area (Å²) in [4.78, 5) is 11.4. The number of rotatable bonds is 5. The molecule has 6 nitrogen and oxygen atoms in total. The quantitative estimate of drug-likeness (QED) is 0.741. The fraction of sp³-hybridized carbons (Fsp3) is 0.200. The number of carbonyl (C=O) groups is 1. The molecule has 3 rings (SSSR count). The number of nitrogens with one attached hydrogen (secondary N) is 1. The van der Waals surface area contributed by atoms with E-state index in [0.717, 1.165) is 27.9 Å². The summed E-state index contributed by atoms with van der Waals surface area (Å²) in [6.45, 7) is 2.69. The Labute approximate surface area is 151 Å². The van der Waals surface area contributed by atoms with E-state index >= 15 is 0 Å². The van der Waals surface area contributed by atoms with Gasteiger partial charge in [0.25, 0.3) is 0 Å². The van der Waals surface area contributed by atoms with Crippen molar-refractivity contribution in [1.82, 2.24) is 4.57 Å². The number of aryl methyl sites for hydroxylation is 1. The van der Waals surface area contributed by atoms with E-state index in [2.05, 4.69) is 16.0 Å². The Balaban J connectivity index is 2.15. The zero-order valence-electron chi connectivity index (χ0n) is 14.7. The lowest BCUT2D eigenvalue weighted by molar-refractivity contribution is -0.114. The summed E-state index contributed by atoms with van der Waals surface area (Å²) in [6.07, 6.45) is 0. The zero-order valence-corrected chi connectivity index (χ0v) is 14.7. The van der Waals surface area contributed by atoms with Crippen molar-refractivity contribution < 1.29 is 9.53 Å². The Morgan fingerprint density at radius 2 is 2.00 bits per heavy atom. The average Bonchev–Trinajstić information content (AvgIpc) is 3.00. The summed E-state index contributed by atoms with van der Waals surface area (Å²) in [7, 11) is 1.63. The fourth-order valence-corrected chi connectivity index (χ4v) is 3.12. The number of aromatic nitrogens is 1. The first-order valence-electron chi connectivity index (χ1n) is 8.33. The third kappa shape index (κ3) is 3.01. The second kappa shape index (κ2) is 7.30. The summed E-state index contributed by atoms with van der Waals surface area (Å²) in [5, 5.41) is 13.4. The molecule has 0 bridgehead atoms. The second-order valence-corrected chi connectivity index (χ2v) is 5.79. The Morgan fingerprint density at radius 3 is 2.58 bits per heavy atom. The van der Waals surface area contributed by atoms with Crippen LogP contribution in [0, 0.1) is 11.3 Å². The number of anilines is 1. The van der Waals surface area contributed by atoms with Gasteiger partial charge in [-0.1, -0.05) is 12.1 Å². The van der Waals surface area contributed by atoms with E-state index in [-0.39, 0.29) is 12.5 Å². The smallest absolute Gasteiger partial charge is 0.238 e. The molecular weight excluding hydrogens is 328 g/mol. The monoisotopic (exact) mass is 348 g/mol. The molecule has 0 spiro atoms. The minimum Gasteiger partial charge on any atom is -0.497 e. The molecule has 3 aromatic rings. The highest BCUT2D eigenvalue weighted by molar-refractivity contribution is 5.96.